The Kier molecular flexibility index (Phi) is 5.26. The summed E-state index contributed by atoms with van der Waals surface area (Å²) in [7, 11) is 0. The third kappa shape index (κ3) is 3.64. The normalized spacial score (nSPS) is 13.1. The van der Waals surface area contributed by atoms with Crippen LogP contribution in [0.15, 0.2) is 12.2 Å². The van der Waals surface area contributed by atoms with E-state index in [4.69, 9.17) is 5.26 Å². The van der Waals surface area contributed by atoms with Gasteiger partial charge in [-0.15, -0.1) is 0 Å². The molecule has 1 atom stereocenters. The molecule has 0 aromatic rings. The quantitative estimate of drug-likeness (QED) is 0.365. The maximum atomic E-state index is 8.36. The summed E-state index contributed by atoms with van der Waals surface area (Å²) < 4.78 is 0. The monoisotopic (exact) mass is 144 g/mol. The molecule has 10 heavy (non-hydrogen) atoms. The van der Waals surface area contributed by atoms with E-state index in [1.54, 1.807) is 0 Å². The highest BCUT2D eigenvalue weighted by Gasteiger charge is 2.07. The molecule has 0 bridgehead atoms. The zero-order valence-corrected chi connectivity index (χ0v) is 6.76. The van der Waals surface area contributed by atoms with Crippen molar-refractivity contribution in [1.82, 2.24) is 0 Å². The maximum Gasteiger partial charge on any atom is 0.113 e. The first-order valence-corrected chi connectivity index (χ1v) is 3.68. The first-order valence-electron chi connectivity index (χ1n) is 3.68. The molecule has 0 radical (unpaired) electrons. The molecule has 0 aliphatic rings. The van der Waals surface area contributed by atoms with Crippen molar-refractivity contribution in [1.29, 1.82) is 0 Å². The molecule has 1 unspecified atom stereocenters. The smallest absolute Gasteiger partial charge is 0.113 e. The molecule has 0 aromatic carbocycles. The first-order chi connectivity index (χ1) is 4.72. The Bertz CT molecular complexity index is 99.4. The number of hydrogen-bond acceptors (Lipinski definition) is 2. The van der Waals surface area contributed by atoms with Gasteiger partial charge in [0, 0.05) is 0 Å². The standard InChI is InChI=1S/C8H16O2/c1-4-5-6-8(10-9)7(2)3/h8-9H,2,4-6H2,1,3H3. The molecule has 0 aliphatic heterocycles. The maximum absolute atomic E-state index is 8.36. The fraction of sp³-hybridized carbons (Fsp3) is 0.750. The van der Waals surface area contributed by atoms with E-state index >= 15 is 0 Å². The van der Waals surface area contributed by atoms with E-state index in [1.165, 1.54) is 0 Å². The van der Waals surface area contributed by atoms with E-state index in [0.29, 0.717) is 0 Å². The molecule has 0 spiro atoms. The van der Waals surface area contributed by atoms with E-state index in [9.17, 15) is 0 Å². The SMILES string of the molecule is C=C(C)C(CCCC)OO. The van der Waals surface area contributed by atoms with Gasteiger partial charge in [0.05, 0.1) is 0 Å². The van der Waals surface area contributed by atoms with Crippen LogP contribution in [0.25, 0.3) is 0 Å². The predicted molar refractivity (Wildman–Crippen MR) is 41.8 cm³/mol. The van der Waals surface area contributed by atoms with E-state index in [0.717, 1.165) is 24.8 Å². The molecular formula is C8H16O2. The largest absolute Gasteiger partial charge is 0.251 e. The van der Waals surface area contributed by atoms with Gasteiger partial charge in [0.1, 0.15) is 6.10 Å². The Hall–Kier alpha value is -0.340. The van der Waals surface area contributed by atoms with Crippen LogP contribution in [0.3, 0.4) is 0 Å². The molecule has 0 saturated carbocycles. The van der Waals surface area contributed by atoms with Gasteiger partial charge >= 0.3 is 0 Å². The molecule has 0 rings (SSSR count). The lowest BCUT2D eigenvalue weighted by Gasteiger charge is -2.11. The third-order valence-electron chi connectivity index (χ3n) is 1.50. The predicted octanol–water partition coefficient (Wildman–Crippen LogP) is 2.61. The molecule has 1 N–H and O–H groups in total. The molecule has 0 amide bonds. The Morgan fingerprint density at radius 1 is 1.70 bits per heavy atom. The second kappa shape index (κ2) is 5.45. The zero-order valence-electron chi connectivity index (χ0n) is 6.76. The summed E-state index contributed by atoms with van der Waals surface area (Å²) in [5.74, 6) is 0. The number of hydrogen-bond donors (Lipinski definition) is 1. The average molecular weight is 144 g/mol. The summed E-state index contributed by atoms with van der Waals surface area (Å²) in [5, 5.41) is 8.36. The highest BCUT2D eigenvalue weighted by Crippen LogP contribution is 2.10. The van der Waals surface area contributed by atoms with Crippen molar-refractivity contribution in [2.24, 2.45) is 0 Å². The summed E-state index contributed by atoms with van der Waals surface area (Å²) in [5.41, 5.74) is 0.885. The first kappa shape index (κ1) is 9.66. The second-order valence-corrected chi connectivity index (χ2v) is 2.58. The highest BCUT2D eigenvalue weighted by atomic mass is 17.1. The van der Waals surface area contributed by atoms with Gasteiger partial charge in [-0.05, 0) is 18.9 Å². The Morgan fingerprint density at radius 3 is 2.60 bits per heavy atom. The molecule has 2 nitrogen and oxygen atoms in total. The van der Waals surface area contributed by atoms with Gasteiger partial charge in [0.15, 0.2) is 0 Å². The van der Waals surface area contributed by atoms with Crippen LogP contribution >= 0.6 is 0 Å². The van der Waals surface area contributed by atoms with E-state index in [-0.39, 0.29) is 6.10 Å². The van der Waals surface area contributed by atoms with Crippen molar-refractivity contribution in [3.05, 3.63) is 12.2 Å². The average Bonchev–Trinajstić information content (AvgIpc) is 1.89. The molecule has 0 heterocycles. The van der Waals surface area contributed by atoms with Gasteiger partial charge in [-0.2, -0.15) is 0 Å². The van der Waals surface area contributed by atoms with Crippen LogP contribution in [0.1, 0.15) is 33.1 Å². The van der Waals surface area contributed by atoms with Crippen LogP contribution in [-0.4, -0.2) is 11.4 Å². The summed E-state index contributed by atoms with van der Waals surface area (Å²) in [6.45, 7) is 7.66. The molecule has 0 saturated heterocycles. The molecule has 0 aliphatic carbocycles. The number of rotatable bonds is 5. The lowest BCUT2D eigenvalue weighted by molar-refractivity contribution is -0.269. The summed E-state index contributed by atoms with van der Waals surface area (Å²) >= 11 is 0. The van der Waals surface area contributed by atoms with Crippen molar-refractivity contribution >= 4 is 0 Å². The van der Waals surface area contributed by atoms with Crippen molar-refractivity contribution < 1.29 is 10.1 Å². The summed E-state index contributed by atoms with van der Waals surface area (Å²) in [6, 6.07) is 0. The summed E-state index contributed by atoms with van der Waals surface area (Å²) in [6.07, 6.45) is 2.88. The minimum atomic E-state index is -0.167. The fourth-order valence-corrected chi connectivity index (χ4v) is 0.779. The Labute approximate surface area is 62.4 Å². The third-order valence-corrected chi connectivity index (χ3v) is 1.50. The zero-order chi connectivity index (χ0) is 7.98. The number of unbranched alkanes of at least 4 members (excludes halogenated alkanes) is 1. The molecule has 0 aromatic heterocycles. The molecular weight excluding hydrogens is 128 g/mol. The second-order valence-electron chi connectivity index (χ2n) is 2.58. The molecule has 60 valence electrons. The molecule has 2 heteroatoms. The minimum Gasteiger partial charge on any atom is -0.251 e. The van der Waals surface area contributed by atoms with Crippen molar-refractivity contribution in [3.63, 3.8) is 0 Å². The van der Waals surface area contributed by atoms with E-state index in [2.05, 4.69) is 18.4 Å². The topological polar surface area (TPSA) is 29.5 Å². The summed E-state index contributed by atoms with van der Waals surface area (Å²) in [4.78, 5) is 4.21. The Balaban J connectivity index is 3.50. The van der Waals surface area contributed by atoms with Crippen LogP contribution in [-0.2, 0) is 4.89 Å². The van der Waals surface area contributed by atoms with Crippen LogP contribution < -0.4 is 0 Å². The van der Waals surface area contributed by atoms with Crippen molar-refractivity contribution in [2.45, 2.75) is 39.2 Å². The minimum absolute atomic E-state index is 0.167. The Morgan fingerprint density at radius 2 is 2.30 bits per heavy atom. The van der Waals surface area contributed by atoms with Gasteiger partial charge in [-0.25, -0.2) is 4.89 Å². The fourth-order valence-electron chi connectivity index (χ4n) is 0.779. The lowest BCUT2D eigenvalue weighted by Crippen LogP contribution is -2.11. The van der Waals surface area contributed by atoms with Crippen molar-refractivity contribution in [3.8, 4) is 0 Å². The van der Waals surface area contributed by atoms with Crippen LogP contribution in [0.4, 0.5) is 0 Å². The van der Waals surface area contributed by atoms with Crippen molar-refractivity contribution in [2.75, 3.05) is 0 Å². The van der Waals surface area contributed by atoms with Gasteiger partial charge in [0.25, 0.3) is 0 Å². The van der Waals surface area contributed by atoms with Gasteiger partial charge in [0.2, 0.25) is 0 Å². The van der Waals surface area contributed by atoms with Gasteiger partial charge in [-0.3, -0.25) is 5.26 Å². The van der Waals surface area contributed by atoms with Gasteiger partial charge < -0.3 is 0 Å². The molecule has 0 fully saturated rings. The van der Waals surface area contributed by atoms with Crippen LogP contribution in [0, 0.1) is 0 Å². The van der Waals surface area contributed by atoms with E-state index < -0.39 is 0 Å². The van der Waals surface area contributed by atoms with Crippen LogP contribution in [0.5, 0.6) is 0 Å². The van der Waals surface area contributed by atoms with Gasteiger partial charge in [-0.1, -0.05) is 26.3 Å². The highest BCUT2D eigenvalue weighted by molar-refractivity contribution is 4.96. The lowest BCUT2D eigenvalue weighted by atomic mass is 10.1. The van der Waals surface area contributed by atoms with E-state index in [1.807, 2.05) is 6.92 Å². The van der Waals surface area contributed by atoms with Crippen LogP contribution in [0.2, 0.25) is 0 Å².